The molecule has 10 heteroatoms. The Hall–Kier alpha value is -3.69. The van der Waals surface area contributed by atoms with Crippen LogP contribution in [0, 0.1) is 0 Å². The summed E-state index contributed by atoms with van der Waals surface area (Å²) in [5.41, 5.74) is -0.404. The fourth-order valence-electron chi connectivity index (χ4n) is 2.87. The predicted molar refractivity (Wildman–Crippen MR) is 107 cm³/mol. The minimum Gasteiger partial charge on any atom is -0.354 e. The van der Waals surface area contributed by atoms with E-state index < -0.39 is 17.6 Å². The molecule has 2 aromatic carbocycles. The van der Waals surface area contributed by atoms with Gasteiger partial charge in [0.15, 0.2) is 0 Å². The van der Waals surface area contributed by atoms with Crippen LogP contribution in [-0.2, 0) is 17.5 Å². The van der Waals surface area contributed by atoms with Crippen LogP contribution in [0.2, 0.25) is 0 Å². The number of benzene rings is 2. The second kappa shape index (κ2) is 9.41. The maximum absolute atomic E-state index is 12.5. The molecule has 0 radical (unpaired) electrons. The van der Waals surface area contributed by atoms with E-state index >= 15 is 0 Å². The normalized spacial score (nSPS) is 11.3. The van der Waals surface area contributed by atoms with E-state index in [0.717, 1.165) is 24.3 Å². The number of amides is 2. The van der Waals surface area contributed by atoms with Gasteiger partial charge in [-0.05, 0) is 36.4 Å². The molecule has 162 valence electrons. The van der Waals surface area contributed by atoms with Gasteiger partial charge in [-0.3, -0.25) is 19.0 Å². The van der Waals surface area contributed by atoms with Crippen LogP contribution in [0.25, 0.3) is 10.9 Å². The number of aryl methyl sites for hydroxylation is 1. The number of para-hydroxylation sites is 1. The predicted octanol–water partition coefficient (Wildman–Crippen LogP) is 2.35. The Balaban J connectivity index is 1.42. The van der Waals surface area contributed by atoms with Gasteiger partial charge in [0.2, 0.25) is 5.91 Å². The molecule has 0 fully saturated rings. The quantitative estimate of drug-likeness (QED) is 0.561. The molecule has 2 amide bonds. The molecule has 0 aliphatic rings. The van der Waals surface area contributed by atoms with Crippen LogP contribution in [-0.4, -0.2) is 34.5 Å². The average molecular weight is 432 g/mol. The molecule has 7 nitrogen and oxygen atoms in total. The lowest BCUT2D eigenvalue weighted by atomic mass is 10.1. The minimum absolute atomic E-state index is 0.0484. The molecule has 1 heterocycles. The van der Waals surface area contributed by atoms with Crippen LogP contribution >= 0.6 is 0 Å². The molecule has 0 spiro atoms. The molecule has 0 atom stereocenters. The number of fused-ring (bicyclic) bond motifs is 1. The zero-order valence-corrected chi connectivity index (χ0v) is 16.3. The standard InChI is InChI=1S/C21H19F3N4O3/c22-21(23,24)15-7-5-14(6-8-15)19(30)26-11-10-25-18(29)9-12-28-13-27-17-4-2-1-3-16(17)20(28)31/h1-8,13H,9-12H2,(H,25,29)(H,26,30). The van der Waals surface area contributed by atoms with Crippen molar-refractivity contribution in [1.82, 2.24) is 20.2 Å². The molecule has 0 bridgehead atoms. The van der Waals surface area contributed by atoms with Crippen LogP contribution in [0.4, 0.5) is 13.2 Å². The second-order valence-corrected chi connectivity index (χ2v) is 6.69. The van der Waals surface area contributed by atoms with Gasteiger partial charge in [0.25, 0.3) is 11.5 Å². The molecule has 0 saturated heterocycles. The van der Waals surface area contributed by atoms with Gasteiger partial charge in [-0.2, -0.15) is 13.2 Å². The van der Waals surface area contributed by atoms with Gasteiger partial charge in [-0.1, -0.05) is 12.1 Å². The lowest BCUT2D eigenvalue weighted by molar-refractivity contribution is -0.137. The van der Waals surface area contributed by atoms with Crippen LogP contribution in [0.1, 0.15) is 22.3 Å². The summed E-state index contributed by atoms with van der Waals surface area (Å²) < 4.78 is 39.0. The molecule has 0 aliphatic heterocycles. The van der Waals surface area contributed by atoms with E-state index in [1.54, 1.807) is 24.3 Å². The number of carbonyl (C=O) groups is 2. The first-order chi connectivity index (χ1) is 14.8. The van der Waals surface area contributed by atoms with Crippen LogP contribution < -0.4 is 16.2 Å². The summed E-state index contributed by atoms with van der Waals surface area (Å²) in [4.78, 5) is 40.5. The fourth-order valence-corrected chi connectivity index (χ4v) is 2.87. The molecule has 31 heavy (non-hydrogen) atoms. The highest BCUT2D eigenvalue weighted by Gasteiger charge is 2.30. The molecule has 1 aromatic heterocycles. The van der Waals surface area contributed by atoms with Crippen molar-refractivity contribution in [1.29, 1.82) is 0 Å². The third-order valence-electron chi connectivity index (χ3n) is 4.52. The highest BCUT2D eigenvalue weighted by atomic mass is 19.4. The average Bonchev–Trinajstić information content (AvgIpc) is 2.76. The van der Waals surface area contributed by atoms with Crippen LogP contribution in [0.15, 0.2) is 59.7 Å². The third kappa shape index (κ3) is 5.68. The summed E-state index contributed by atoms with van der Waals surface area (Å²) in [5.74, 6) is -0.861. The van der Waals surface area contributed by atoms with E-state index in [9.17, 15) is 27.6 Å². The summed E-state index contributed by atoms with van der Waals surface area (Å²) in [6.07, 6.45) is -3.03. The van der Waals surface area contributed by atoms with Crippen molar-refractivity contribution in [2.24, 2.45) is 0 Å². The fraction of sp³-hybridized carbons (Fsp3) is 0.238. The number of carbonyl (C=O) groups excluding carboxylic acids is 2. The number of hydrogen-bond donors (Lipinski definition) is 2. The molecular formula is C21H19F3N4O3. The van der Waals surface area contributed by atoms with Crippen molar-refractivity contribution in [3.05, 3.63) is 76.3 Å². The molecule has 3 aromatic rings. The number of halogens is 3. The van der Waals surface area contributed by atoms with Gasteiger partial charge >= 0.3 is 6.18 Å². The number of hydrogen-bond acceptors (Lipinski definition) is 4. The first-order valence-electron chi connectivity index (χ1n) is 9.42. The van der Waals surface area contributed by atoms with Crippen molar-refractivity contribution >= 4 is 22.7 Å². The Morgan fingerprint density at radius 1 is 0.968 bits per heavy atom. The van der Waals surface area contributed by atoms with E-state index in [1.165, 1.54) is 10.9 Å². The number of nitrogens with zero attached hydrogens (tertiary/aromatic N) is 2. The minimum atomic E-state index is -4.46. The number of rotatable bonds is 7. The lowest BCUT2D eigenvalue weighted by Gasteiger charge is -2.10. The second-order valence-electron chi connectivity index (χ2n) is 6.69. The van der Waals surface area contributed by atoms with Crippen molar-refractivity contribution in [3.8, 4) is 0 Å². The Bertz CT molecular complexity index is 1140. The first-order valence-corrected chi connectivity index (χ1v) is 9.42. The summed E-state index contributed by atoms with van der Waals surface area (Å²) in [5, 5.41) is 5.59. The Labute approximate surface area is 174 Å². The Morgan fingerprint density at radius 2 is 1.65 bits per heavy atom. The van der Waals surface area contributed by atoms with Crippen LogP contribution in [0.5, 0.6) is 0 Å². The molecular weight excluding hydrogens is 413 g/mol. The van der Waals surface area contributed by atoms with Crippen LogP contribution in [0.3, 0.4) is 0 Å². The molecule has 0 saturated carbocycles. The van der Waals surface area contributed by atoms with Crippen molar-refractivity contribution in [2.75, 3.05) is 13.1 Å². The van der Waals surface area contributed by atoms with Crippen molar-refractivity contribution in [3.63, 3.8) is 0 Å². The van der Waals surface area contributed by atoms with Gasteiger partial charge in [0, 0.05) is 31.6 Å². The van der Waals surface area contributed by atoms with Gasteiger partial charge in [0.05, 0.1) is 22.8 Å². The monoisotopic (exact) mass is 432 g/mol. The Morgan fingerprint density at radius 3 is 2.35 bits per heavy atom. The SMILES string of the molecule is O=C(CCn1cnc2ccccc2c1=O)NCCNC(=O)c1ccc(C(F)(F)F)cc1. The Kier molecular flexibility index (Phi) is 6.68. The number of alkyl halides is 3. The lowest BCUT2D eigenvalue weighted by Crippen LogP contribution is -2.35. The molecule has 3 rings (SSSR count). The highest BCUT2D eigenvalue weighted by molar-refractivity contribution is 5.94. The molecule has 2 N–H and O–H groups in total. The van der Waals surface area contributed by atoms with Gasteiger partial charge in [-0.25, -0.2) is 4.98 Å². The summed E-state index contributed by atoms with van der Waals surface area (Å²) >= 11 is 0. The maximum Gasteiger partial charge on any atom is 0.416 e. The van der Waals surface area contributed by atoms with Gasteiger partial charge in [-0.15, -0.1) is 0 Å². The smallest absolute Gasteiger partial charge is 0.354 e. The summed E-state index contributed by atoms with van der Waals surface area (Å²) in [6, 6.07) is 10.8. The molecule has 0 unspecified atom stereocenters. The van der Waals surface area contributed by atoms with E-state index in [-0.39, 0.29) is 43.1 Å². The van der Waals surface area contributed by atoms with Gasteiger partial charge in [0.1, 0.15) is 0 Å². The number of nitrogens with one attached hydrogen (secondary N) is 2. The summed E-state index contributed by atoms with van der Waals surface area (Å²) in [6.45, 7) is 0.388. The van der Waals surface area contributed by atoms with Crippen molar-refractivity contribution < 1.29 is 22.8 Å². The van der Waals surface area contributed by atoms with E-state index in [1.807, 2.05) is 0 Å². The van der Waals surface area contributed by atoms with E-state index in [0.29, 0.717) is 10.9 Å². The zero-order valence-electron chi connectivity index (χ0n) is 16.3. The molecule has 0 aliphatic carbocycles. The largest absolute Gasteiger partial charge is 0.416 e. The van der Waals surface area contributed by atoms with E-state index in [4.69, 9.17) is 0 Å². The first kappa shape index (κ1) is 22.0. The number of aromatic nitrogens is 2. The van der Waals surface area contributed by atoms with E-state index in [2.05, 4.69) is 15.6 Å². The summed E-state index contributed by atoms with van der Waals surface area (Å²) in [7, 11) is 0. The highest BCUT2D eigenvalue weighted by Crippen LogP contribution is 2.29. The maximum atomic E-state index is 12.5. The zero-order chi connectivity index (χ0) is 22.4. The third-order valence-corrected chi connectivity index (χ3v) is 4.52. The van der Waals surface area contributed by atoms with Gasteiger partial charge < -0.3 is 10.6 Å². The van der Waals surface area contributed by atoms with Crippen molar-refractivity contribution in [2.45, 2.75) is 19.1 Å². The topological polar surface area (TPSA) is 93.1 Å².